The molecule has 12 heavy (non-hydrogen) atoms. The summed E-state index contributed by atoms with van der Waals surface area (Å²) in [5, 5.41) is 11.6. The van der Waals surface area contributed by atoms with Crippen LogP contribution in [0.25, 0.3) is 0 Å². The summed E-state index contributed by atoms with van der Waals surface area (Å²) in [5.41, 5.74) is 0.725. The van der Waals surface area contributed by atoms with E-state index in [4.69, 9.17) is 9.84 Å². The monoisotopic (exact) mass is 167 g/mol. The Bertz CT molecular complexity index is 286. The van der Waals surface area contributed by atoms with Crippen LogP contribution >= 0.6 is 0 Å². The average Bonchev–Trinajstić information content (AvgIpc) is 2.16. The van der Waals surface area contributed by atoms with Crippen LogP contribution < -0.4 is 4.74 Å². The number of nitrogens with zero attached hydrogens (tertiary/aromatic N) is 1. The highest BCUT2D eigenvalue weighted by atomic mass is 16.5. The molecule has 1 N–H and O–H groups in total. The number of aliphatic hydroxyl groups is 1. The predicted molar refractivity (Wildman–Crippen MR) is 44.4 cm³/mol. The van der Waals surface area contributed by atoms with Gasteiger partial charge >= 0.3 is 0 Å². The van der Waals surface area contributed by atoms with Crippen LogP contribution in [0.2, 0.25) is 0 Å². The van der Waals surface area contributed by atoms with Crippen molar-refractivity contribution in [3.8, 4) is 5.75 Å². The molecule has 4 heteroatoms. The number of rotatable bonds is 3. The third-order valence-electron chi connectivity index (χ3n) is 1.56. The Hall–Kier alpha value is -1.42. The maximum atomic E-state index is 10.2. The molecule has 64 valence electrons. The molecule has 0 unspecified atom stereocenters. The first-order chi connectivity index (χ1) is 5.81. The van der Waals surface area contributed by atoms with Gasteiger partial charge in [-0.25, -0.2) is 0 Å². The first kappa shape index (κ1) is 8.67. The fraction of sp³-hybridized carbons (Fsp3) is 0.250. The van der Waals surface area contributed by atoms with Crippen molar-refractivity contribution in [2.75, 3.05) is 7.11 Å². The van der Waals surface area contributed by atoms with E-state index in [1.165, 1.54) is 13.2 Å². The molecule has 0 saturated carbocycles. The molecule has 0 aliphatic rings. The van der Waals surface area contributed by atoms with E-state index in [1.807, 2.05) is 0 Å². The fourth-order valence-corrected chi connectivity index (χ4v) is 0.905. The van der Waals surface area contributed by atoms with Crippen molar-refractivity contribution >= 4 is 5.69 Å². The molecule has 0 bridgehead atoms. The predicted octanol–water partition coefficient (Wildman–Crippen LogP) is 1.59. The van der Waals surface area contributed by atoms with Crippen molar-refractivity contribution in [2.24, 2.45) is 5.18 Å². The van der Waals surface area contributed by atoms with Crippen LogP contribution in [-0.4, -0.2) is 12.2 Å². The Kier molecular flexibility index (Phi) is 2.76. The number of hydrogen-bond acceptors (Lipinski definition) is 4. The molecule has 0 atom stereocenters. The van der Waals surface area contributed by atoms with Crippen molar-refractivity contribution in [1.82, 2.24) is 0 Å². The van der Waals surface area contributed by atoms with E-state index in [9.17, 15) is 4.91 Å². The van der Waals surface area contributed by atoms with E-state index in [0.717, 1.165) is 0 Å². The Morgan fingerprint density at radius 2 is 2.33 bits per heavy atom. The number of ether oxygens (including phenoxy) is 1. The van der Waals surface area contributed by atoms with Crippen LogP contribution in [0.1, 0.15) is 5.56 Å². The third kappa shape index (κ3) is 1.60. The summed E-state index contributed by atoms with van der Waals surface area (Å²) in [4.78, 5) is 10.2. The molecule has 0 aliphatic carbocycles. The SMILES string of the molecule is COc1ccc(N=O)c(CO)c1. The number of hydrogen-bond donors (Lipinski definition) is 1. The van der Waals surface area contributed by atoms with E-state index >= 15 is 0 Å². The molecule has 0 heterocycles. The second-order valence-corrected chi connectivity index (χ2v) is 2.24. The van der Waals surface area contributed by atoms with Gasteiger partial charge in [-0.1, -0.05) is 0 Å². The van der Waals surface area contributed by atoms with Crippen LogP contribution in [0.4, 0.5) is 5.69 Å². The first-order valence-electron chi connectivity index (χ1n) is 3.43. The molecule has 0 aromatic heterocycles. The van der Waals surface area contributed by atoms with Gasteiger partial charge in [0.15, 0.2) is 0 Å². The van der Waals surface area contributed by atoms with E-state index in [-0.39, 0.29) is 12.3 Å². The summed E-state index contributed by atoms with van der Waals surface area (Å²) in [6, 6.07) is 4.71. The zero-order valence-corrected chi connectivity index (χ0v) is 6.65. The van der Waals surface area contributed by atoms with Gasteiger partial charge in [-0.3, -0.25) is 0 Å². The lowest BCUT2D eigenvalue weighted by Crippen LogP contribution is -1.87. The van der Waals surface area contributed by atoms with Gasteiger partial charge in [0.25, 0.3) is 0 Å². The normalized spacial score (nSPS) is 9.50. The Morgan fingerprint density at radius 3 is 2.83 bits per heavy atom. The van der Waals surface area contributed by atoms with E-state index in [1.54, 1.807) is 12.1 Å². The van der Waals surface area contributed by atoms with E-state index in [0.29, 0.717) is 11.3 Å². The minimum Gasteiger partial charge on any atom is -0.497 e. The zero-order valence-electron chi connectivity index (χ0n) is 6.65. The van der Waals surface area contributed by atoms with Crippen molar-refractivity contribution in [1.29, 1.82) is 0 Å². The largest absolute Gasteiger partial charge is 0.497 e. The summed E-state index contributed by atoms with van der Waals surface area (Å²) in [6.45, 7) is -0.210. The van der Waals surface area contributed by atoms with Crippen LogP contribution in [0.5, 0.6) is 5.75 Å². The number of nitroso groups, excluding NO2 is 1. The Morgan fingerprint density at radius 1 is 1.58 bits per heavy atom. The number of benzene rings is 1. The second-order valence-electron chi connectivity index (χ2n) is 2.24. The van der Waals surface area contributed by atoms with Gasteiger partial charge in [0.2, 0.25) is 0 Å². The first-order valence-corrected chi connectivity index (χ1v) is 3.43. The Labute approximate surface area is 69.8 Å². The minimum absolute atomic E-state index is 0.210. The number of methoxy groups -OCH3 is 1. The third-order valence-corrected chi connectivity index (χ3v) is 1.56. The van der Waals surface area contributed by atoms with E-state index in [2.05, 4.69) is 5.18 Å². The van der Waals surface area contributed by atoms with Crippen molar-refractivity contribution < 1.29 is 9.84 Å². The van der Waals surface area contributed by atoms with Gasteiger partial charge < -0.3 is 9.84 Å². The minimum atomic E-state index is -0.210. The fourth-order valence-electron chi connectivity index (χ4n) is 0.905. The lowest BCUT2D eigenvalue weighted by atomic mass is 10.2. The standard InChI is InChI=1S/C8H9NO3/c1-12-7-2-3-8(9-11)6(4-7)5-10/h2-4,10H,5H2,1H3. The summed E-state index contributed by atoms with van der Waals surface area (Å²) in [6.07, 6.45) is 0. The van der Waals surface area contributed by atoms with Crippen molar-refractivity contribution in [3.63, 3.8) is 0 Å². The van der Waals surface area contributed by atoms with Crippen LogP contribution in [-0.2, 0) is 6.61 Å². The van der Waals surface area contributed by atoms with Gasteiger partial charge in [-0.2, -0.15) is 0 Å². The van der Waals surface area contributed by atoms with Crippen LogP contribution in [0, 0.1) is 4.91 Å². The summed E-state index contributed by atoms with van der Waals surface area (Å²) >= 11 is 0. The highest BCUT2D eigenvalue weighted by Gasteiger charge is 2.02. The molecule has 1 rings (SSSR count). The zero-order chi connectivity index (χ0) is 8.97. The van der Waals surface area contributed by atoms with Gasteiger partial charge in [0.05, 0.1) is 13.7 Å². The lowest BCUT2D eigenvalue weighted by molar-refractivity contribution is 0.281. The molecular weight excluding hydrogens is 158 g/mol. The van der Waals surface area contributed by atoms with Crippen molar-refractivity contribution in [2.45, 2.75) is 6.61 Å². The van der Waals surface area contributed by atoms with E-state index < -0.39 is 0 Å². The van der Waals surface area contributed by atoms with Gasteiger partial charge in [-0.05, 0) is 23.4 Å². The maximum absolute atomic E-state index is 10.2. The summed E-state index contributed by atoms with van der Waals surface area (Å²) in [7, 11) is 1.52. The smallest absolute Gasteiger partial charge is 0.119 e. The highest BCUT2D eigenvalue weighted by molar-refractivity contribution is 5.49. The van der Waals surface area contributed by atoms with Gasteiger partial charge in [0, 0.05) is 5.56 Å². The second kappa shape index (κ2) is 3.82. The quantitative estimate of drug-likeness (QED) is 0.695. The molecule has 1 aromatic carbocycles. The molecule has 4 nitrogen and oxygen atoms in total. The molecule has 1 aromatic rings. The van der Waals surface area contributed by atoms with Crippen LogP contribution in [0.3, 0.4) is 0 Å². The average molecular weight is 167 g/mol. The lowest BCUT2D eigenvalue weighted by Gasteiger charge is -2.02. The summed E-state index contributed by atoms with van der Waals surface area (Å²) in [5.74, 6) is 0.603. The molecule has 0 spiro atoms. The van der Waals surface area contributed by atoms with Gasteiger partial charge in [-0.15, -0.1) is 4.91 Å². The van der Waals surface area contributed by atoms with Crippen molar-refractivity contribution in [3.05, 3.63) is 28.7 Å². The molecule has 0 radical (unpaired) electrons. The molecule has 0 amide bonds. The molecular formula is C8H9NO3. The van der Waals surface area contributed by atoms with Crippen LogP contribution in [0.15, 0.2) is 23.4 Å². The molecule has 0 saturated heterocycles. The van der Waals surface area contributed by atoms with Gasteiger partial charge in [0.1, 0.15) is 11.4 Å². The highest BCUT2D eigenvalue weighted by Crippen LogP contribution is 2.23. The molecule has 0 aliphatic heterocycles. The summed E-state index contributed by atoms with van der Waals surface area (Å²) < 4.78 is 4.90. The topological polar surface area (TPSA) is 58.9 Å². The number of aliphatic hydroxyl groups excluding tert-OH is 1. The maximum Gasteiger partial charge on any atom is 0.119 e. The Balaban J connectivity index is 3.10. The molecule has 0 fully saturated rings.